The predicted octanol–water partition coefficient (Wildman–Crippen LogP) is 4.26. The van der Waals surface area contributed by atoms with Crippen LogP contribution in [0.5, 0.6) is 5.75 Å². The van der Waals surface area contributed by atoms with Crippen molar-refractivity contribution >= 4 is 0 Å². The van der Waals surface area contributed by atoms with Gasteiger partial charge >= 0.3 is 0 Å². The molecule has 2 rings (SSSR count). The second-order valence-electron chi connectivity index (χ2n) is 6.35. The molecule has 0 saturated heterocycles. The average Bonchev–Trinajstić information content (AvgIpc) is 2.47. The average molecular weight is 275 g/mol. The molecule has 1 N–H and O–H groups in total. The zero-order valence-corrected chi connectivity index (χ0v) is 13.1. The summed E-state index contributed by atoms with van der Waals surface area (Å²) < 4.78 is 6.28. The van der Waals surface area contributed by atoms with Crippen LogP contribution in [0, 0.1) is 11.8 Å². The fraction of sp³-hybridized carbons (Fsp3) is 0.667. The third-order valence-electron chi connectivity index (χ3n) is 4.46. The van der Waals surface area contributed by atoms with Crippen LogP contribution in [0.25, 0.3) is 0 Å². The highest BCUT2D eigenvalue weighted by Gasteiger charge is 2.32. The summed E-state index contributed by atoms with van der Waals surface area (Å²) in [5.74, 6) is 2.55. The van der Waals surface area contributed by atoms with Gasteiger partial charge in [-0.2, -0.15) is 0 Å². The minimum atomic E-state index is 0.310. The third kappa shape index (κ3) is 4.24. The first kappa shape index (κ1) is 15.4. The second-order valence-corrected chi connectivity index (χ2v) is 6.35. The first-order valence-corrected chi connectivity index (χ1v) is 8.15. The highest BCUT2D eigenvalue weighted by atomic mass is 16.5. The van der Waals surface area contributed by atoms with Gasteiger partial charge in [0.1, 0.15) is 11.9 Å². The molecule has 2 nitrogen and oxygen atoms in total. The molecule has 0 aliphatic heterocycles. The first-order valence-electron chi connectivity index (χ1n) is 8.15. The Bertz CT molecular complexity index is 376. The Labute approximate surface area is 123 Å². The number of ether oxygens (including phenoxy) is 1. The molecule has 0 amide bonds. The molecule has 1 aromatic rings. The van der Waals surface area contributed by atoms with E-state index >= 15 is 0 Å². The molecule has 0 aromatic heterocycles. The van der Waals surface area contributed by atoms with Gasteiger partial charge in [-0.05, 0) is 56.2 Å². The summed E-state index contributed by atoms with van der Waals surface area (Å²) in [7, 11) is 0. The van der Waals surface area contributed by atoms with Gasteiger partial charge in [0.05, 0.1) is 0 Å². The van der Waals surface area contributed by atoms with E-state index in [1.807, 2.05) is 18.2 Å². The Hall–Kier alpha value is -1.02. The van der Waals surface area contributed by atoms with Crippen LogP contribution in [0.3, 0.4) is 0 Å². The standard InChI is InChI=1S/C18H29NO/c1-4-12-19-17-11-10-15(14(2)3)13-18(17)20-16-8-6-5-7-9-16/h5-9,14-15,17-19H,4,10-13H2,1-3H3. The van der Waals surface area contributed by atoms with Crippen molar-refractivity contribution in [2.45, 2.75) is 58.6 Å². The van der Waals surface area contributed by atoms with E-state index in [1.165, 1.54) is 25.7 Å². The van der Waals surface area contributed by atoms with Gasteiger partial charge in [-0.15, -0.1) is 0 Å². The van der Waals surface area contributed by atoms with Crippen LogP contribution < -0.4 is 10.1 Å². The molecule has 1 saturated carbocycles. The lowest BCUT2D eigenvalue weighted by Gasteiger charge is -2.38. The van der Waals surface area contributed by atoms with E-state index in [4.69, 9.17) is 4.74 Å². The summed E-state index contributed by atoms with van der Waals surface area (Å²) in [5, 5.41) is 3.68. The Kier molecular flexibility index (Phi) is 5.90. The fourth-order valence-corrected chi connectivity index (χ4v) is 3.13. The van der Waals surface area contributed by atoms with Crippen molar-refractivity contribution in [1.29, 1.82) is 0 Å². The summed E-state index contributed by atoms with van der Waals surface area (Å²) in [6.45, 7) is 7.99. The van der Waals surface area contributed by atoms with E-state index in [0.29, 0.717) is 12.1 Å². The SMILES string of the molecule is CCCNC1CCC(C(C)C)CC1Oc1ccccc1. The number of benzene rings is 1. The molecule has 1 aliphatic rings. The zero-order valence-electron chi connectivity index (χ0n) is 13.1. The highest BCUT2D eigenvalue weighted by Crippen LogP contribution is 2.32. The van der Waals surface area contributed by atoms with Crippen molar-refractivity contribution < 1.29 is 4.74 Å². The molecule has 112 valence electrons. The maximum Gasteiger partial charge on any atom is 0.119 e. The third-order valence-corrected chi connectivity index (χ3v) is 4.46. The summed E-state index contributed by atoms with van der Waals surface area (Å²) >= 11 is 0. The minimum Gasteiger partial charge on any atom is -0.489 e. The van der Waals surface area contributed by atoms with E-state index in [9.17, 15) is 0 Å². The molecule has 3 atom stereocenters. The number of rotatable bonds is 6. The molecule has 0 radical (unpaired) electrons. The van der Waals surface area contributed by atoms with Crippen LogP contribution in [0.2, 0.25) is 0 Å². The summed E-state index contributed by atoms with van der Waals surface area (Å²) in [4.78, 5) is 0. The van der Waals surface area contributed by atoms with E-state index in [0.717, 1.165) is 24.1 Å². The smallest absolute Gasteiger partial charge is 0.119 e. The molecule has 1 fully saturated rings. The van der Waals surface area contributed by atoms with Crippen LogP contribution >= 0.6 is 0 Å². The largest absolute Gasteiger partial charge is 0.489 e. The van der Waals surface area contributed by atoms with E-state index in [2.05, 4.69) is 38.2 Å². The number of hydrogen-bond donors (Lipinski definition) is 1. The van der Waals surface area contributed by atoms with Crippen molar-refractivity contribution in [3.05, 3.63) is 30.3 Å². The van der Waals surface area contributed by atoms with E-state index < -0.39 is 0 Å². The van der Waals surface area contributed by atoms with Gasteiger partial charge in [0.25, 0.3) is 0 Å². The van der Waals surface area contributed by atoms with Crippen LogP contribution in [0.1, 0.15) is 46.5 Å². The second kappa shape index (κ2) is 7.68. The Morgan fingerprint density at radius 2 is 1.95 bits per heavy atom. The maximum atomic E-state index is 6.28. The van der Waals surface area contributed by atoms with Crippen molar-refractivity contribution in [1.82, 2.24) is 5.32 Å². The topological polar surface area (TPSA) is 21.3 Å². The number of hydrogen-bond acceptors (Lipinski definition) is 2. The van der Waals surface area contributed by atoms with Crippen molar-refractivity contribution in [2.75, 3.05) is 6.54 Å². The van der Waals surface area contributed by atoms with Gasteiger partial charge in [-0.1, -0.05) is 39.0 Å². The predicted molar refractivity (Wildman–Crippen MR) is 85.1 cm³/mol. The summed E-state index contributed by atoms with van der Waals surface area (Å²) in [6, 6.07) is 10.8. The van der Waals surface area contributed by atoms with Crippen LogP contribution in [-0.2, 0) is 0 Å². The Morgan fingerprint density at radius 1 is 1.20 bits per heavy atom. The fourth-order valence-electron chi connectivity index (χ4n) is 3.13. The van der Waals surface area contributed by atoms with Gasteiger partial charge in [0.2, 0.25) is 0 Å². The molecular weight excluding hydrogens is 246 g/mol. The lowest BCUT2D eigenvalue weighted by molar-refractivity contribution is 0.0719. The van der Waals surface area contributed by atoms with Crippen molar-refractivity contribution in [2.24, 2.45) is 11.8 Å². The van der Waals surface area contributed by atoms with Crippen LogP contribution in [0.15, 0.2) is 30.3 Å². The molecule has 1 aromatic carbocycles. The van der Waals surface area contributed by atoms with Crippen molar-refractivity contribution in [3.63, 3.8) is 0 Å². The van der Waals surface area contributed by atoms with Crippen molar-refractivity contribution in [3.8, 4) is 5.75 Å². The lowest BCUT2D eigenvalue weighted by Crippen LogP contribution is -2.48. The zero-order chi connectivity index (χ0) is 14.4. The minimum absolute atomic E-state index is 0.310. The van der Waals surface area contributed by atoms with Gasteiger partial charge in [0.15, 0.2) is 0 Å². The maximum absolute atomic E-state index is 6.28. The van der Waals surface area contributed by atoms with Gasteiger partial charge in [0, 0.05) is 6.04 Å². The van der Waals surface area contributed by atoms with Gasteiger partial charge in [-0.3, -0.25) is 0 Å². The first-order chi connectivity index (χ1) is 9.70. The monoisotopic (exact) mass is 275 g/mol. The van der Waals surface area contributed by atoms with Gasteiger partial charge < -0.3 is 10.1 Å². The molecule has 0 spiro atoms. The lowest BCUT2D eigenvalue weighted by atomic mass is 9.78. The molecule has 1 aliphatic carbocycles. The number of para-hydroxylation sites is 1. The normalized spacial score (nSPS) is 26.7. The molecule has 0 bridgehead atoms. The molecular formula is C18H29NO. The summed E-state index contributed by atoms with van der Waals surface area (Å²) in [6.07, 6.45) is 5.23. The Morgan fingerprint density at radius 3 is 2.60 bits per heavy atom. The molecule has 3 unspecified atom stereocenters. The quantitative estimate of drug-likeness (QED) is 0.837. The van der Waals surface area contributed by atoms with Crippen LogP contribution in [-0.4, -0.2) is 18.7 Å². The van der Waals surface area contributed by atoms with E-state index in [1.54, 1.807) is 0 Å². The highest BCUT2D eigenvalue weighted by molar-refractivity contribution is 5.21. The summed E-state index contributed by atoms with van der Waals surface area (Å²) in [5.41, 5.74) is 0. The van der Waals surface area contributed by atoms with E-state index in [-0.39, 0.29) is 0 Å². The Balaban J connectivity index is 2.01. The molecule has 2 heteroatoms. The van der Waals surface area contributed by atoms with Crippen LogP contribution in [0.4, 0.5) is 0 Å². The molecule has 0 heterocycles. The molecule has 20 heavy (non-hydrogen) atoms. The van der Waals surface area contributed by atoms with Gasteiger partial charge in [-0.25, -0.2) is 0 Å². The number of nitrogens with one attached hydrogen (secondary N) is 1.